The molecule has 0 bridgehead atoms. The monoisotopic (exact) mass is 312 g/mol. The van der Waals surface area contributed by atoms with E-state index in [9.17, 15) is 14.4 Å². The van der Waals surface area contributed by atoms with Crippen LogP contribution >= 0.6 is 0 Å². The molecule has 0 aliphatic carbocycles. The van der Waals surface area contributed by atoms with Crippen molar-refractivity contribution in [2.45, 2.75) is 33.1 Å². The summed E-state index contributed by atoms with van der Waals surface area (Å²) in [6, 6.07) is 0. The first-order valence-electron chi connectivity index (χ1n) is 6.75. The van der Waals surface area contributed by atoms with Crippen molar-refractivity contribution in [1.29, 1.82) is 0 Å². The minimum Gasteiger partial charge on any atom is -0.478 e. The summed E-state index contributed by atoms with van der Waals surface area (Å²) in [5.41, 5.74) is 0.471. The first-order chi connectivity index (χ1) is 10.3. The average Bonchev–Trinajstić information content (AvgIpc) is 2.51. The molecule has 0 aliphatic heterocycles. The number of hydrogen-bond acceptors (Lipinski definition) is 5. The molecule has 22 heavy (non-hydrogen) atoms. The first kappa shape index (κ1) is 21.9. The van der Waals surface area contributed by atoms with Gasteiger partial charge in [-0.1, -0.05) is 32.6 Å². The van der Waals surface area contributed by atoms with Crippen molar-refractivity contribution in [3.63, 3.8) is 0 Å². The van der Waals surface area contributed by atoms with Crippen LogP contribution in [0, 0.1) is 0 Å². The number of rotatable bonds is 8. The molecule has 0 aromatic rings. The highest BCUT2D eigenvalue weighted by molar-refractivity contribution is 5.89. The third-order valence-corrected chi connectivity index (χ3v) is 2.38. The van der Waals surface area contributed by atoms with E-state index in [1.807, 2.05) is 6.92 Å². The molecule has 6 nitrogen and oxygen atoms in total. The molecule has 0 aromatic carbocycles. The molecule has 0 unspecified atom stereocenters. The normalized spacial score (nSPS) is 9.86. The topological polar surface area (TPSA) is 89.9 Å². The minimum atomic E-state index is -0.993. The van der Waals surface area contributed by atoms with Crippen molar-refractivity contribution in [3.05, 3.63) is 36.5 Å². The molecule has 124 valence electrons. The predicted molar refractivity (Wildman–Crippen MR) is 83.2 cm³/mol. The van der Waals surface area contributed by atoms with Crippen molar-refractivity contribution < 1.29 is 29.0 Å². The molecule has 0 saturated heterocycles. The van der Waals surface area contributed by atoms with Gasteiger partial charge in [0.05, 0.1) is 13.7 Å². The largest absolute Gasteiger partial charge is 0.478 e. The second-order valence-electron chi connectivity index (χ2n) is 4.22. The van der Waals surface area contributed by atoms with E-state index < -0.39 is 17.9 Å². The second-order valence-corrected chi connectivity index (χ2v) is 4.22. The van der Waals surface area contributed by atoms with Crippen LogP contribution in [0.5, 0.6) is 0 Å². The molecule has 0 radical (unpaired) electrons. The number of carbonyl (C=O) groups excluding carboxylic acids is 2. The maximum atomic E-state index is 11.3. The van der Waals surface area contributed by atoms with Crippen LogP contribution in [0.2, 0.25) is 0 Å². The Balaban J connectivity index is 0. The third-order valence-electron chi connectivity index (χ3n) is 2.38. The minimum absolute atomic E-state index is 0.197. The Morgan fingerprint density at radius 3 is 2.23 bits per heavy atom. The van der Waals surface area contributed by atoms with Crippen LogP contribution in [0.25, 0.3) is 0 Å². The van der Waals surface area contributed by atoms with Gasteiger partial charge in [-0.25, -0.2) is 14.4 Å². The Labute approximate surface area is 131 Å². The lowest BCUT2D eigenvalue weighted by atomic mass is 10.1. The Hall–Kier alpha value is -2.37. The zero-order valence-corrected chi connectivity index (χ0v) is 13.4. The van der Waals surface area contributed by atoms with E-state index in [2.05, 4.69) is 17.9 Å². The molecule has 0 saturated carbocycles. The Morgan fingerprint density at radius 1 is 1.27 bits per heavy atom. The van der Waals surface area contributed by atoms with E-state index in [4.69, 9.17) is 9.84 Å². The van der Waals surface area contributed by atoms with Crippen LogP contribution in [-0.2, 0) is 23.9 Å². The summed E-state index contributed by atoms with van der Waals surface area (Å²) < 4.78 is 9.06. The van der Waals surface area contributed by atoms with Gasteiger partial charge in [-0.2, -0.15) is 0 Å². The number of methoxy groups -OCH3 is 1. The number of carbonyl (C=O) groups is 3. The van der Waals surface area contributed by atoms with E-state index in [0.29, 0.717) is 6.61 Å². The number of carboxylic acid groups (broad SMARTS) is 1. The van der Waals surface area contributed by atoms with Crippen molar-refractivity contribution in [3.8, 4) is 0 Å². The van der Waals surface area contributed by atoms with Crippen molar-refractivity contribution in [1.82, 2.24) is 0 Å². The van der Waals surface area contributed by atoms with E-state index in [-0.39, 0.29) is 17.6 Å². The number of esters is 2. The number of aliphatic carboxylic acids is 1. The zero-order valence-electron chi connectivity index (χ0n) is 13.4. The fourth-order valence-electron chi connectivity index (χ4n) is 0.942. The maximum Gasteiger partial charge on any atom is 0.333 e. The number of ether oxygens (including phenoxy) is 2. The van der Waals surface area contributed by atoms with Gasteiger partial charge in [-0.15, -0.1) is 0 Å². The smallest absolute Gasteiger partial charge is 0.333 e. The summed E-state index contributed by atoms with van der Waals surface area (Å²) in [6.45, 7) is 10.6. The van der Waals surface area contributed by atoms with E-state index in [1.54, 1.807) is 0 Å². The van der Waals surface area contributed by atoms with E-state index in [1.165, 1.54) is 20.1 Å². The number of carboxylic acids is 1. The van der Waals surface area contributed by atoms with Gasteiger partial charge in [-0.05, 0) is 19.8 Å². The zero-order chi connectivity index (χ0) is 17.5. The first-order valence-corrected chi connectivity index (χ1v) is 6.75. The standard InChI is InChI=1S/C12H18O4.C4H6O2/c1-4-5-8-16-12(15)10(3)7-6-9(2)11(13)14;1-3-4(5)6-2/h6H,3-5,7-8H2,1-2H3,(H,13,14);3H,1H2,2H3. The quantitative estimate of drug-likeness (QED) is 0.421. The van der Waals surface area contributed by atoms with Crippen LogP contribution in [-0.4, -0.2) is 36.7 Å². The van der Waals surface area contributed by atoms with E-state index >= 15 is 0 Å². The van der Waals surface area contributed by atoms with Gasteiger partial charge in [0, 0.05) is 17.2 Å². The van der Waals surface area contributed by atoms with Gasteiger partial charge in [0.15, 0.2) is 0 Å². The van der Waals surface area contributed by atoms with Gasteiger partial charge >= 0.3 is 17.9 Å². The molecule has 0 spiro atoms. The lowest BCUT2D eigenvalue weighted by molar-refractivity contribution is -0.139. The lowest BCUT2D eigenvalue weighted by Gasteiger charge is -2.04. The summed E-state index contributed by atoms with van der Waals surface area (Å²) >= 11 is 0. The Bertz CT molecular complexity index is 434. The summed E-state index contributed by atoms with van der Waals surface area (Å²) in [6.07, 6.45) is 4.55. The SMILES string of the molecule is C=C(CC=C(C)C(=O)O)C(=O)OCCCC.C=CC(=O)OC. The summed E-state index contributed by atoms with van der Waals surface area (Å²) in [4.78, 5) is 31.6. The summed E-state index contributed by atoms with van der Waals surface area (Å²) in [7, 11) is 1.31. The summed E-state index contributed by atoms with van der Waals surface area (Å²) in [5, 5.41) is 8.59. The van der Waals surface area contributed by atoms with Crippen LogP contribution in [0.3, 0.4) is 0 Å². The highest BCUT2D eigenvalue weighted by Crippen LogP contribution is 2.06. The predicted octanol–water partition coefficient (Wildman–Crippen LogP) is 2.65. The van der Waals surface area contributed by atoms with E-state index in [0.717, 1.165) is 18.9 Å². The molecule has 1 N–H and O–H groups in total. The highest BCUT2D eigenvalue weighted by atomic mass is 16.5. The van der Waals surface area contributed by atoms with Gasteiger partial charge in [0.2, 0.25) is 0 Å². The number of unbranched alkanes of at least 4 members (excludes halogenated alkanes) is 1. The van der Waals surface area contributed by atoms with Gasteiger partial charge in [0.25, 0.3) is 0 Å². The highest BCUT2D eigenvalue weighted by Gasteiger charge is 2.07. The van der Waals surface area contributed by atoms with Crippen molar-refractivity contribution in [2.75, 3.05) is 13.7 Å². The van der Waals surface area contributed by atoms with Crippen molar-refractivity contribution >= 4 is 17.9 Å². The Morgan fingerprint density at radius 2 is 1.86 bits per heavy atom. The average molecular weight is 312 g/mol. The molecule has 6 heteroatoms. The van der Waals surface area contributed by atoms with Crippen LogP contribution in [0.4, 0.5) is 0 Å². The molecular weight excluding hydrogens is 288 g/mol. The van der Waals surface area contributed by atoms with Gasteiger partial charge in [-0.3, -0.25) is 0 Å². The molecule has 0 atom stereocenters. The third kappa shape index (κ3) is 12.7. The molecule has 0 amide bonds. The Kier molecular flexibility index (Phi) is 13.6. The second kappa shape index (κ2) is 13.6. The van der Waals surface area contributed by atoms with Crippen molar-refractivity contribution in [2.24, 2.45) is 0 Å². The fourth-order valence-corrected chi connectivity index (χ4v) is 0.942. The number of hydrogen-bond donors (Lipinski definition) is 1. The fraction of sp³-hybridized carbons (Fsp3) is 0.438. The molecule has 0 aliphatic rings. The van der Waals surface area contributed by atoms with Gasteiger partial charge in [0.1, 0.15) is 0 Å². The van der Waals surface area contributed by atoms with Crippen LogP contribution < -0.4 is 0 Å². The number of allylic oxidation sites excluding steroid dienone is 1. The molecule has 0 fully saturated rings. The molecular formula is C16H24O6. The van der Waals surface area contributed by atoms with Crippen LogP contribution in [0.1, 0.15) is 33.1 Å². The summed E-state index contributed by atoms with van der Waals surface area (Å²) in [5.74, 6) is -1.84. The molecule has 0 heterocycles. The molecule has 0 rings (SSSR count). The maximum absolute atomic E-state index is 11.3. The lowest BCUT2D eigenvalue weighted by Crippen LogP contribution is -2.08. The van der Waals surface area contributed by atoms with Gasteiger partial charge < -0.3 is 14.6 Å². The molecule has 0 aromatic heterocycles. The van der Waals surface area contributed by atoms with Crippen LogP contribution in [0.15, 0.2) is 36.5 Å².